The number of phenols is 1. The second-order valence-electron chi connectivity index (χ2n) is 14.4. The van der Waals surface area contributed by atoms with E-state index in [1.165, 1.54) is 12.1 Å². The predicted molar refractivity (Wildman–Crippen MR) is 169 cm³/mol. The van der Waals surface area contributed by atoms with Crippen LogP contribution >= 0.6 is 7.37 Å². The highest BCUT2D eigenvalue weighted by Crippen LogP contribution is 2.64. The fourth-order valence-corrected chi connectivity index (χ4v) is 7.99. The van der Waals surface area contributed by atoms with Crippen LogP contribution in [-0.4, -0.2) is 87.4 Å². The van der Waals surface area contributed by atoms with Crippen molar-refractivity contribution in [2.75, 3.05) is 32.4 Å². The third kappa shape index (κ3) is 11.3. The molecule has 1 aromatic rings. The molecule has 11 nitrogen and oxygen atoms in total. The van der Waals surface area contributed by atoms with Gasteiger partial charge in [0.1, 0.15) is 16.8 Å². The van der Waals surface area contributed by atoms with Crippen LogP contribution in [0.5, 0.6) is 5.75 Å². The van der Waals surface area contributed by atoms with Crippen LogP contribution < -0.4 is 0 Å². The van der Waals surface area contributed by atoms with Crippen LogP contribution in [0.25, 0.3) is 0 Å². The molecule has 0 aromatic heterocycles. The van der Waals surface area contributed by atoms with E-state index in [1.807, 2.05) is 4.90 Å². The number of aromatic hydroxyl groups is 1. The second kappa shape index (κ2) is 14.8. The van der Waals surface area contributed by atoms with E-state index in [4.69, 9.17) is 18.7 Å². The normalized spacial score (nSPS) is 21.2. The average Bonchev–Trinajstić information content (AvgIpc) is 2.85. The van der Waals surface area contributed by atoms with Gasteiger partial charge in [0.25, 0.3) is 0 Å². The number of halogens is 1. The Morgan fingerprint density at radius 1 is 0.956 bits per heavy atom. The molecule has 1 fully saturated rings. The van der Waals surface area contributed by atoms with Gasteiger partial charge in [-0.05, 0) is 106 Å². The standard InChI is InChI=1S/C32H52FN2O9P/c1-11-41-45(40)19-18-34(21-23-14-15-25(36)24(33)20-23)22-32(45,26(37)42-29(2,3)4)16-12-13-17-35(27(38)43-30(5,6)7)28(39)44-31(8,9)10/h14-15,20,36H,11-13,16-19,21-22H2,1-10H3. The Balaban J connectivity index is 2.40. The van der Waals surface area contributed by atoms with E-state index in [1.54, 1.807) is 75.3 Å². The van der Waals surface area contributed by atoms with Gasteiger partial charge in [0.05, 0.1) is 6.61 Å². The number of benzene rings is 1. The second-order valence-corrected chi connectivity index (χ2v) is 17.3. The van der Waals surface area contributed by atoms with Crippen molar-refractivity contribution >= 4 is 25.5 Å². The number of unbranched alkanes of at least 4 members (excludes halogenated alkanes) is 1. The fraction of sp³-hybridized carbons (Fsp3) is 0.719. The predicted octanol–water partition coefficient (Wildman–Crippen LogP) is 7.08. The Kier molecular flexibility index (Phi) is 12.7. The van der Waals surface area contributed by atoms with Crippen molar-refractivity contribution in [2.24, 2.45) is 0 Å². The van der Waals surface area contributed by atoms with Gasteiger partial charge in [0.2, 0.25) is 7.37 Å². The maximum Gasteiger partial charge on any atom is 0.419 e. The molecule has 2 rings (SSSR count). The number of ether oxygens (including phenoxy) is 3. The summed E-state index contributed by atoms with van der Waals surface area (Å²) >= 11 is 0. The number of amides is 2. The van der Waals surface area contributed by atoms with Crippen molar-refractivity contribution in [3.63, 3.8) is 0 Å². The molecule has 0 radical (unpaired) electrons. The lowest BCUT2D eigenvalue weighted by Crippen LogP contribution is -2.56. The highest BCUT2D eigenvalue weighted by molar-refractivity contribution is 7.62. The van der Waals surface area contributed by atoms with Crippen LogP contribution in [0.1, 0.15) is 94.1 Å². The summed E-state index contributed by atoms with van der Waals surface area (Å²) in [4.78, 5) is 42.8. The summed E-state index contributed by atoms with van der Waals surface area (Å²) in [5.74, 6) is -1.89. The van der Waals surface area contributed by atoms with Crippen molar-refractivity contribution in [1.82, 2.24) is 9.80 Å². The van der Waals surface area contributed by atoms with Gasteiger partial charge in [0, 0.05) is 32.3 Å². The maximum atomic E-state index is 14.6. The summed E-state index contributed by atoms with van der Waals surface area (Å²) in [6.07, 6.45) is -1.04. The Morgan fingerprint density at radius 2 is 1.51 bits per heavy atom. The van der Waals surface area contributed by atoms with Crippen LogP contribution in [0.3, 0.4) is 0 Å². The Bertz CT molecular complexity index is 1220. The summed E-state index contributed by atoms with van der Waals surface area (Å²) in [5.41, 5.74) is -2.02. The Labute approximate surface area is 267 Å². The van der Waals surface area contributed by atoms with Gasteiger partial charge in [-0.1, -0.05) is 6.07 Å². The SMILES string of the molecule is CCOP1(=O)CCN(Cc2ccc(O)c(F)c2)CC1(CCCCN(C(=O)OC(C)(C)C)C(=O)OC(C)(C)C)C(=O)OC(C)(C)C. The quantitative estimate of drug-likeness (QED) is 0.120. The summed E-state index contributed by atoms with van der Waals surface area (Å²) in [7, 11) is -3.64. The van der Waals surface area contributed by atoms with Crippen molar-refractivity contribution in [1.29, 1.82) is 0 Å². The number of carbonyl (C=O) groups is 3. The number of phenolic OH excluding ortho intramolecular Hbond substituents is 1. The number of hydrogen-bond donors (Lipinski definition) is 1. The van der Waals surface area contributed by atoms with Gasteiger partial charge in [-0.3, -0.25) is 14.3 Å². The van der Waals surface area contributed by atoms with Gasteiger partial charge in [-0.2, -0.15) is 0 Å². The molecule has 2 unspecified atom stereocenters. The van der Waals surface area contributed by atoms with Crippen molar-refractivity contribution in [3.8, 4) is 5.75 Å². The zero-order chi connectivity index (χ0) is 34.4. The Hall–Kier alpha value is -2.69. The lowest BCUT2D eigenvalue weighted by molar-refractivity contribution is -0.160. The molecule has 1 aromatic carbocycles. The van der Waals surface area contributed by atoms with Crippen molar-refractivity contribution in [2.45, 2.75) is 117 Å². The molecule has 13 heteroatoms. The van der Waals surface area contributed by atoms with E-state index in [2.05, 4.69) is 0 Å². The molecule has 2 atom stereocenters. The zero-order valence-electron chi connectivity index (χ0n) is 28.5. The molecule has 0 spiro atoms. The number of imide groups is 1. The van der Waals surface area contributed by atoms with E-state index in [0.717, 1.165) is 4.90 Å². The van der Waals surface area contributed by atoms with Crippen molar-refractivity contribution in [3.05, 3.63) is 29.6 Å². The van der Waals surface area contributed by atoms with E-state index in [0.29, 0.717) is 12.1 Å². The smallest absolute Gasteiger partial charge is 0.419 e. The molecule has 1 N–H and O–H groups in total. The highest BCUT2D eigenvalue weighted by atomic mass is 31.2. The lowest BCUT2D eigenvalue weighted by Gasteiger charge is -2.46. The monoisotopic (exact) mass is 658 g/mol. The molecule has 45 heavy (non-hydrogen) atoms. The molecule has 2 amide bonds. The molecule has 0 saturated carbocycles. The third-order valence-corrected chi connectivity index (χ3v) is 10.1. The van der Waals surface area contributed by atoms with Crippen LogP contribution in [0.2, 0.25) is 0 Å². The first kappa shape index (κ1) is 38.5. The molecular weight excluding hydrogens is 606 g/mol. The van der Waals surface area contributed by atoms with E-state index < -0.39 is 59.1 Å². The largest absolute Gasteiger partial charge is 0.505 e. The third-order valence-electron chi connectivity index (χ3n) is 6.83. The topological polar surface area (TPSA) is 132 Å². The minimum atomic E-state index is -3.64. The summed E-state index contributed by atoms with van der Waals surface area (Å²) in [6, 6.07) is 4.08. The number of hydrogen-bond acceptors (Lipinski definition) is 10. The van der Waals surface area contributed by atoms with Gasteiger partial charge in [-0.15, -0.1) is 0 Å². The number of carbonyl (C=O) groups excluding carboxylic acids is 3. The van der Waals surface area contributed by atoms with E-state index in [9.17, 15) is 28.4 Å². The van der Waals surface area contributed by atoms with E-state index in [-0.39, 0.29) is 51.7 Å². The molecule has 0 bridgehead atoms. The lowest BCUT2D eigenvalue weighted by atomic mass is 9.98. The number of rotatable bonds is 10. The first-order chi connectivity index (χ1) is 20.5. The maximum absolute atomic E-state index is 14.6. The summed E-state index contributed by atoms with van der Waals surface area (Å²) in [5, 5.41) is 8.05. The average molecular weight is 659 g/mol. The molecular formula is C32H52FN2O9P. The minimum Gasteiger partial charge on any atom is -0.505 e. The molecule has 1 saturated heterocycles. The van der Waals surface area contributed by atoms with Gasteiger partial charge in [0.15, 0.2) is 16.7 Å². The summed E-state index contributed by atoms with van der Waals surface area (Å²) < 4.78 is 51.3. The first-order valence-electron chi connectivity index (χ1n) is 15.4. The molecule has 1 aliphatic heterocycles. The minimum absolute atomic E-state index is 0.0174. The van der Waals surface area contributed by atoms with Gasteiger partial charge < -0.3 is 23.8 Å². The van der Waals surface area contributed by atoms with Gasteiger partial charge >= 0.3 is 18.2 Å². The van der Waals surface area contributed by atoms with Gasteiger partial charge in [-0.25, -0.2) is 18.9 Å². The van der Waals surface area contributed by atoms with Crippen LogP contribution in [0, 0.1) is 5.82 Å². The van der Waals surface area contributed by atoms with Crippen molar-refractivity contribution < 1.29 is 47.2 Å². The highest BCUT2D eigenvalue weighted by Gasteiger charge is 2.59. The fourth-order valence-electron chi connectivity index (χ4n) is 4.99. The molecule has 256 valence electrons. The Morgan fingerprint density at radius 3 is 2.00 bits per heavy atom. The summed E-state index contributed by atoms with van der Waals surface area (Å²) in [6.45, 7) is 17.7. The first-order valence-corrected chi connectivity index (χ1v) is 17.2. The zero-order valence-corrected chi connectivity index (χ0v) is 29.4. The molecule has 1 aliphatic rings. The van der Waals surface area contributed by atoms with Crippen LogP contribution in [0.15, 0.2) is 18.2 Å². The van der Waals surface area contributed by atoms with Crippen LogP contribution in [-0.2, 0) is 34.6 Å². The number of esters is 1. The van der Waals surface area contributed by atoms with E-state index >= 15 is 0 Å². The molecule has 1 heterocycles. The van der Waals surface area contributed by atoms with Crippen LogP contribution in [0.4, 0.5) is 14.0 Å². The molecule has 0 aliphatic carbocycles. The number of nitrogens with zero attached hydrogens (tertiary/aromatic N) is 2.